The summed E-state index contributed by atoms with van der Waals surface area (Å²) in [6, 6.07) is 6.91. The molecule has 5 N–H and O–H groups in total. The molecule has 0 unspecified atom stereocenters. The summed E-state index contributed by atoms with van der Waals surface area (Å²) in [5.41, 5.74) is 2.57. The summed E-state index contributed by atoms with van der Waals surface area (Å²) in [6.45, 7) is 0.0380. The van der Waals surface area contributed by atoms with Crippen molar-refractivity contribution < 1.29 is 25.2 Å². The molecule has 1 aliphatic carbocycles. The number of nitrogens with zero attached hydrogens (tertiary/aromatic N) is 2. The smallest absolute Gasteiger partial charge is 0.206 e. The summed E-state index contributed by atoms with van der Waals surface area (Å²) in [4.78, 5) is 4.65. The number of aliphatic hydroxyl groups is 3. The lowest BCUT2D eigenvalue weighted by Crippen LogP contribution is -2.33. The number of aromatic nitrogens is 2. The van der Waals surface area contributed by atoms with Gasteiger partial charge in [-0.25, -0.2) is 4.98 Å². The number of aliphatic hydroxyl groups excluding tert-OH is 3. The van der Waals surface area contributed by atoms with Crippen LogP contribution in [0.5, 0.6) is 5.75 Å². The maximum absolute atomic E-state index is 10.5. The first-order valence-corrected chi connectivity index (χ1v) is 9.00. The zero-order valence-electron chi connectivity index (χ0n) is 14.7. The van der Waals surface area contributed by atoms with Crippen molar-refractivity contribution in [3.05, 3.63) is 47.3 Å². The van der Waals surface area contributed by atoms with Crippen LogP contribution in [0, 0.1) is 0 Å². The number of anilines is 1. The summed E-state index contributed by atoms with van der Waals surface area (Å²) < 4.78 is 7.45. The Morgan fingerprint density at radius 3 is 2.85 bits per heavy atom. The highest BCUT2D eigenvalue weighted by Gasteiger charge is 2.45. The number of phenols is 1. The van der Waals surface area contributed by atoms with Gasteiger partial charge in [0.25, 0.3) is 0 Å². The van der Waals surface area contributed by atoms with Crippen molar-refractivity contribution in [1.29, 1.82) is 0 Å². The lowest BCUT2D eigenvalue weighted by atomic mass is 10.1. The third-order valence-corrected chi connectivity index (χ3v) is 4.98. The molecule has 0 saturated carbocycles. The zero-order chi connectivity index (χ0) is 19.0. The Morgan fingerprint density at radius 1 is 1.26 bits per heavy atom. The van der Waals surface area contributed by atoms with Gasteiger partial charge in [0.2, 0.25) is 5.95 Å². The number of ether oxygens (including phenoxy) is 1. The van der Waals surface area contributed by atoms with Crippen LogP contribution in [-0.4, -0.2) is 54.9 Å². The molecular weight excluding hydrogens is 350 g/mol. The van der Waals surface area contributed by atoms with Crippen LogP contribution >= 0.6 is 0 Å². The van der Waals surface area contributed by atoms with Crippen molar-refractivity contribution >= 4 is 12.0 Å². The third kappa shape index (κ3) is 3.32. The molecule has 8 nitrogen and oxygen atoms in total. The minimum Gasteiger partial charge on any atom is -0.508 e. The molecule has 4 rings (SSSR count). The maximum Gasteiger partial charge on any atom is 0.206 e. The van der Waals surface area contributed by atoms with Crippen molar-refractivity contribution in [2.24, 2.45) is 0 Å². The summed E-state index contributed by atoms with van der Waals surface area (Å²) in [7, 11) is 0. The Kier molecular flexibility index (Phi) is 4.88. The van der Waals surface area contributed by atoms with Crippen molar-refractivity contribution in [3.8, 4) is 5.75 Å². The van der Waals surface area contributed by atoms with E-state index < -0.39 is 24.5 Å². The van der Waals surface area contributed by atoms with Crippen LogP contribution < -0.4 is 5.32 Å². The van der Waals surface area contributed by atoms with E-state index >= 15 is 0 Å². The fourth-order valence-corrected chi connectivity index (χ4v) is 3.59. The number of nitrogens with one attached hydrogen (secondary N) is 1. The monoisotopic (exact) mass is 373 g/mol. The maximum atomic E-state index is 10.5. The number of benzene rings is 1. The summed E-state index contributed by atoms with van der Waals surface area (Å²) in [6.07, 6.45) is 1.54. The molecule has 2 aromatic rings. The van der Waals surface area contributed by atoms with E-state index in [0.29, 0.717) is 12.5 Å². The molecule has 2 aliphatic rings. The zero-order valence-corrected chi connectivity index (χ0v) is 14.7. The predicted molar refractivity (Wildman–Crippen MR) is 98.0 cm³/mol. The second-order valence-corrected chi connectivity index (χ2v) is 6.83. The molecule has 4 atom stereocenters. The lowest BCUT2D eigenvalue weighted by Gasteiger charge is -2.22. The standard InChI is InChI=1S/C19H23N3O5/c23-10-15-16(25)17(26)18(27-15)22-14-7-2-1-6-13(14)21-19(22)20-9-11-4-3-5-12(24)8-11/h2-5,7-8,15-18,23-26H,1,6,9-10H2,(H,20,21)/t15-,16-,17-,18-/m1/s1. The quantitative estimate of drug-likeness (QED) is 0.525. The number of hydrogen-bond donors (Lipinski definition) is 5. The molecule has 0 bridgehead atoms. The second kappa shape index (κ2) is 7.32. The molecule has 1 aliphatic heterocycles. The average Bonchev–Trinajstić information content (AvgIpc) is 3.17. The molecule has 0 radical (unpaired) electrons. The Hall–Kier alpha value is -2.39. The van der Waals surface area contributed by atoms with Gasteiger partial charge < -0.3 is 30.5 Å². The van der Waals surface area contributed by atoms with Gasteiger partial charge in [-0.2, -0.15) is 0 Å². The molecule has 27 heavy (non-hydrogen) atoms. The molecule has 2 heterocycles. The average molecular weight is 373 g/mol. The number of rotatable bonds is 5. The first-order chi connectivity index (χ1) is 13.1. The van der Waals surface area contributed by atoms with Gasteiger partial charge in [0, 0.05) is 6.54 Å². The first kappa shape index (κ1) is 18.0. The molecule has 0 spiro atoms. The Balaban J connectivity index is 1.66. The van der Waals surface area contributed by atoms with Crippen molar-refractivity contribution in [3.63, 3.8) is 0 Å². The summed E-state index contributed by atoms with van der Waals surface area (Å²) in [5, 5.41) is 42.8. The Bertz CT molecular complexity index is 850. The van der Waals surface area contributed by atoms with Crippen LogP contribution in [-0.2, 0) is 17.7 Å². The first-order valence-electron chi connectivity index (χ1n) is 9.00. The number of allylic oxidation sites excluding steroid dienone is 1. The van der Waals surface area contributed by atoms with Crippen LogP contribution in [0.15, 0.2) is 30.3 Å². The van der Waals surface area contributed by atoms with Gasteiger partial charge in [-0.15, -0.1) is 0 Å². The van der Waals surface area contributed by atoms with Gasteiger partial charge in [-0.1, -0.05) is 18.2 Å². The molecule has 1 fully saturated rings. The highest BCUT2D eigenvalue weighted by atomic mass is 16.6. The number of aromatic hydroxyl groups is 1. The minimum absolute atomic E-state index is 0.184. The van der Waals surface area contributed by atoms with Crippen LogP contribution in [0.4, 0.5) is 5.95 Å². The molecule has 0 amide bonds. The fourth-order valence-electron chi connectivity index (χ4n) is 3.59. The van der Waals surface area contributed by atoms with E-state index in [1.54, 1.807) is 22.8 Å². The Morgan fingerprint density at radius 2 is 2.11 bits per heavy atom. The Labute approximate surface area is 156 Å². The molecule has 8 heteroatoms. The lowest BCUT2D eigenvalue weighted by molar-refractivity contribution is -0.0521. The van der Waals surface area contributed by atoms with E-state index in [0.717, 1.165) is 29.8 Å². The third-order valence-electron chi connectivity index (χ3n) is 4.98. The van der Waals surface area contributed by atoms with Gasteiger partial charge in [0.1, 0.15) is 24.1 Å². The molecule has 1 aromatic heterocycles. The van der Waals surface area contributed by atoms with Crippen LogP contribution in [0.3, 0.4) is 0 Å². The minimum atomic E-state index is -1.18. The van der Waals surface area contributed by atoms with Crippen LogP contribution in [0.2, 0.25) is 0 Å². The van der Waals surface area contributed by atoms with Crippen LogP contribution in [0.25, 0.3) is 6.08 Å². The van der Waals surface area contributed by atoms with Gasteiger partial charge in [0.05, 0.1) is 18.0 Å². The van der Waals surface area contributed by atoms with E-state index in [2.05, 4.69) is 10.3 Å². The van der Waals surface area contributed by atoms with E-state index in [4.69, 9.17) is 4.74 Å². The van der Waals surface area contributed by atoms with Gasteiger partial charge in [-0.3, -0.25) is 4.57 Å². The number of fused-ring (bicyclic) bond motifs is 1. The van der Waals surface area contributed by atoms with Gasteiger partial charge in [0.15, 0.2) is 6.23 Å². The number of hydrogen-bond acceptors (Lipinski definition) is 7. The molecular formula is C19H23N3O5. The van der Waals surface area contributed by atoms with E-state index in [-0.39, 0.29) is 12.4 Å². The van der Waals surface area contributed by atoms with E-state index in [9.17, 15) is 20.4 Å². The molecule has 144 valence electrons. The predicted octanol–water partition coefficient (Wildman–Crippen LogP) is 0.772. The van der Waals surface area contributed by atoms with Crippen molar-refractivity contribution in [1.82, 2.24) is 9.55 Å². The number of aryl methyl sites for hydroxylation is 1. The fraction of sp³-hybridized carbons (Fsp3) is 0.421. The topological polar surface area (TPSA) is 120 Å². The SMILES string of the molecule is OC[C@H]1O[C@@H](n2c(NCc3cccc(O)c3)nc3c2C=CCC3)[C@H](O)[C@@H]1O. The molecule has 1 saturated heterocycles. The van der Waals surface area contributed by atoms with E-state index in [1.807, 2.05) is 18.2 Å². The largest absolute Gasteiger partial charge is 0.508 e. The van der Waals surface area contributed by atoms with Gasteiger partial charge in [-0.05, 0) is 36.6 Å². The summed E-state index contributed by atoms with van der Waals surface area (Å²) >= 11 is 0. The number of phenolic OH excluding ortho intramolecular Hbond substituents is 1. The summed E-state index contributed by atoms with van der Waals surface area (Å²) in [5.74, 6) is 0.688. The highest BCUT2D eigenvalue weighted by molar-refractivity contribution is 5.55. The molecule has 1 aromatic carbocycles. The second-order valence-electron chi connectivity index (χ2n) is 6.83. The van der Waals surface area contributed by atoms with Gasteiger partial charge >= 0.3 is 0 Å². The van der Waals surface area contributed by atoms with Crippen molar-refractivity contribution in [2.45, 2.75) is 43.9 Å². The van der Waals surface area contributed by atoms with E-state index in [1.165, 1.54) is 0 Å². The number of imidazole rings is 1. The highest BCUT2D eigenvalue weighted by Crippen LogP contribution is 2.36. The van der Waals surface area contributed by atoms with Crippen molar-refractivity contribution in [2.75, 3.05) is 11.9 Å². The normalized spacial score (nSPS) is 26.9. The van der Waals surface area contributed by atoms with Crippen LogP contribution in [0.1, 0.15) is 29.6 Å².